The lowest BCUT2D eigenvalue weighted by Crippen LogP contribution is -2.08. The van der Waals surface area contributed by atoms with Gasteiger partial charge in [0.25, 0.3) is 0 Å². The number of hydrogen-bond donors (Lipinski definition) is 1. The van der Waals surface area contributed by atoms with Crippen molar-refractivity contribution in [2.75, 3.05) is 5.32 Å². The Morgan fingerprint density at radius 3 is 2.55 bits per heavy atom. The maximum atomic E-state index is 5.91. The van der Waals surface area contributed by atoms with Crippen LogP contribution in [0.4, 0.5) is 5.82 Å². The molecule has 0 saturated carbocycles. The molecule has 1 unspecified atom stereocenters. The van der Waals surface area contributed by atoms with Crippen molar-refractivity contribution in [3.63, 3.8) is 0 Å². The Labute approximate surface area is 122 Å². The van der Waals surface area contributed by atoms with Gasteiger partial charge in [0.2, 0.25) is 0 Å². The van der Waals surface area contributed by atoms with Gasteiger partial charge >= 0.3 is 0 Å². The predicted octanol–water partition coefficient (Wildman–Crippen LogP) is 4.46. The van der Waals surface area contributed by atoms with E-state index in [1.165, 1.54) is 0 Å². The monoisotopic (exact) mass is 283 g/mol. The minimum atomic E-state index is 0.144. The van der Waals surface area contributed by atoms with Gasteiger partial charge in [-0.3, -0.25) is 0 Å². The van der Waals surface area contributed by atoms with Crippen LogP contribution in [-0.2, 0) is 0 Å². The molecular weight excluding hydrogens is 270 g/mol. The molecule has 100 valence electrons. The fourth-order valence-electron chi connectivity index (χ4n) is 2.16. The molecule has 0 radical (unpaired) electrons. The van der Waals surface area contributed by atoms with Gasteiger partial charge in [-0.05, 0) is 36.8 Å². The molecule has 1 N–H and O–H groups in total. The molecule has 3 nitrogen and oxygen atoms in total. The number of anilines is 1. The number of rotatable bonds is 3. The van der Waals surface area contributed by atoms with Crippen LogP contribution < -0.4 is 5.32 Å². The van der Waals surface area contributed by atoms with Gasteiger partial charge in [-0.15, -0.1) is 0 Å². The summed E-state index contributed by atoms with van der Waals surface area (Å²) in [6, 6.07) is 15.9. The molecule has 0 amide bonds. The van der Waals surface area contributed by atoms with E-state index in [4.69, 9.17) is 11.6 Å². The highest BCUT2D eigenvalue weighted by Gasteiger charge is 2.08. The first-order valence-electron chi connectivity index (χ1n) is 6.46. The first-order valence-corrected chi connectivity index (χ1v) is 6.83. The fourth-order valence-corrected chi connectivity index (χ4v) is 2.29. The highest BCUT2D eigenvalue weighted by molar-refractivity contribution is 6.30. The lowest BCUT2D eigenvalue weighted by Gasteiger charge is -2.16. The van der Waals surface area contributed by atoms with Crippen LogP contribution in [0.15, 0.2) is 54.9 Å². The molecule has 2 aromatic carbocycles. The first kappa shape index (κ1) is 12.9. The van der Waals surface area contributed by atoms with Crippen LogP contribution in [0, 0.1) is 0 Å². The Hall–Kier alpha value is -2.13. The number of halogens is 1. The third kappa shape index (κ3) is 2.58. The van der Waals surface area contributed by atoms with E-state index in [9.17, 15) is 0 Å². The van der Waals surface area contributed by atoms with Gasteiger partial charge < -0.3 is 5.32 Å². The summed E-state index contributed by atoms with van der Waals surface area (Å²) >= 11 is 5.91. The molecule has 0 bridgehead atoms. The average Bonchev–Trinajstić information content (AvgIpc) is 2.48. The van der Waals surface area contributed by atoms with E-state index in [1.807, 2.05) is 48.5 Å². The third-order valence-electron chi connectivity index (χ3n) is 3.27. The van der Waals surface area contributed by atoms with Crippen molar-refractivity contribution in [2.24, 2.45) is 0 Å². The standard InChI is InChI=1S/C16H14ClN3/c1-11(12-6-8-13(17)9-7-12)20-16-14-4-2-3-5-15(14)18-10-19-16/h2-11H,1H3,(H,18,19,20). The summed E-state index contributed by atoms with van der Waals surface area (Å²) in [5, 5.41) is 5.19. The van der Waals surface area contributed by atoms with Crippen molar-refractivity contribution in [1.29, 1.82) is 0 Å². The SMILES string of the molecule is CC(Nc1ncnc2ccccc12)c1ccc(Cl)cc1. The smallest absolute Gasteiger partial charge is 0.137 e. The highest BCUT2D eigenvalue weighted by Crippen LogP contribution is 2.24. The molecule has 3 rings (SSSR count). The fraction of sp³-hybridized carbons (Fsp3) is 0.125. The van der Waals surface area contributed by atoms with Crippen molar-refractivity contribution in [3.8, 4) is 0 Å². The minimum absolute atomic E-state index is 0.144. The van der Waals surface area contributed by atoms with Crippen LogP contribution >= 0.6 is 11.6 Å². The second kappa shape index (κ2) is 5.47. The van der Waals surface area contributed by atoms with E-state index in [1.54, 1.807) is 6.33 Å². The number of nitrogens with one attached hydrogen (secondary N) is 1. The number of aromatic nitrogens is 2. The summed E-state index contributed by atoms with van der Waals surface area (Å²) in [5.74, 6) is 0.845. The summed E-state index contributed by atoms with van der Waals surface area (Å²) in [4.78, 5) is 8.61. The largest absolute Gasteiger partial charge is 0.363 e. The van der Waals surface area contributed by atoms with Gasteiger partial charge in [0.05, 0.1) is 5.52 Å². The van der Waals surface area contributed by atoms with Crippen LogP contribution in [0.2, 0.25) is 5.02 Å². The van der Waals surface area contributed by atoms with Crippen molar-refractivity contribution in [1.82, 2.24) is 9.97 Å². The summed E-state index contributed by atoms with van der Waals surface area (Å²) in [7, 11) is 0. The topological polar surface area (TPSA) is 37.8 Å². The molecule has 1 heterocycles. The number of fused-ring (bicyclic) bond motifs is 1. The maximum Gasteiger partial charge on any atom is 0.137 e. The Morgan fingerprint density at radius 1 is 1.00 bits per heavy atom. The van der Waals surface area contributed by atoms with Crippen LogP contribution in [0.1, 0.15) is 18.5 Å². The van der Waals surface area contributed by atoms with Gasteiger partial charge in [0.1, 0.15) is 12.1 Å². The second-order valence-corrected chi connectivity index (χ2v) is 5.09. The first-order chi connectivity index (χ1) is 9.74. The van der Waals surface area contributed by atoms with Gasteiger partial charge in [-0.1, -0.05) is 35.9 Å². The normalized spacial score (nSPS) is 12.3. The van der Waals surface area contributed by atoms with E-state index in [-0.39, 0.29) is 6.04 Å². The van der Waals surface area contributed by atoms with E-state index < -0.39 is 0 Å². The molecule has 4 heteroatoms. The molecule has 20 heavy (non-hydrogen) atoms. The third-order valence-corrected chi connectivity index (χ3v) is 3.52. The summed E-state index contributed by atoms with van der Waals surface area (Å²) in [6.45, 7) is 2.10. The van der Waals surface area contributed by atoms with Gasteiger partial charge in [0, 0.05) is 16.5 Å². The second-order valence-electron chi connectivity index (χ2n) is 4.66. The lowest BCUT2D eigenvalue weighted by atomic mass is 10.1. The molecule has 1 aromatic heterocycles. The number of benzene rings is 2. The van der Waals surface area contributed by atoms with Gasteiger partial charge in [-0.25, -0.2) is 9.97 Å². The number of para-hydroxylation sites is 1. The lowest BCUT2D eigenvalue weighted by molar-refractivity contribution is 0.876. The Morgan fingerprint density at radius 2 is 1.75 bits per heavy atom. The van der Waals surface area contributed by atoms with Gasteiger partial charge in [0.15, 0.2) is 0 Å². The minimum Gasteiger partial charge on any atom is -0.363 e. The zero-order valence-electron chi connectivity index (χ0n) is 11.0. The van der Waals surface area contributed by atoms with Crippen LogP contribution in [0.3, 0.4) is 0 Å². The molecule has 0 spiro atoms. The number of hydrogen-bond acceptors (Lipinski definition) is 3. The van der Waals surface area contributed by atoms with Crippen LogP contribution in [0.5, 0.6) is 0 Å². The Balaban J connectivity index is 1.91. The van der Waals surface area contributed by atoms with E-state index >= 15 is 0 Å². The summed E-state index contributed by atoms with van der Waals surface area (Å²) in [6.07, 6.45) is 1.58. The van der Waals surface area contributed by atoms with E-state index in [2.05, 4.69) is 22.2 Å². The molecule has 0 aliphatic carbocycles. The van der Waals surface area contributed by atoms with Crippen molar-refractivity contribution in [3.05, 3.63) is 65.4 Å². The molecule has 1 atom stereocenters. The summed E-state index contributed by atoms with van der Waals surface area (Å²) in [5.41, 5.74) is 2.10. The zero-order chi connectivity index (χ0) is 13.9. The maximum absolute atomic E-state index is 5.91. The molecule has 0 fully saturated rings. The van der Waals surface area contributed by atoms with E-state index in [0.717, 1.165) is 27.3 Å². The van der Waals surface area contributed by atoms with Crippen LogP contribution in [-0.4, -0.2) is 9.97 Å². The molecule has 0 aliphatic heterocycles. The zero-order valence-corrected chi connectivity index (χ0v) is 11.8. The Bertz CT molecular complexity index is 720. The molecular formula is C16H14ClN3. The number of nitrogens with zero attached hydrogens (tertiary/aromatic N) is 2. The highest BCUT2D eigenvalue weighted by atomic mass is 35.5. The van der Waals surface area contributed by atoms with Crippen LogP contribution in [0.25, 0.3) is 10.9 Å². The van der Waals surface area contributed by atoms with Crippen molar-refractivity contribution >= 4 is 28.3 Å². The molecule has 0 aliphatic rings. The molecule has 0 saturated heterocycles. The molecule has 3 aromatic rings. The Kier molecular flexibility index (Phi) is 3.52. The average molecular weight is 284 g/mol. The van der Waals surface area contributed by atoms with E-state index in [0.29, 0.717) is 0 Å². The van der Waals surface area contributed by atoms with Gasteiger partial charge in [-0.2, -0.15) is 0 Å². The quantitative estimate of drug-likeness (QED) is 0.771. The van der Waals surface area contributed by atoms with Crippen molar-refractivity contribution in [2.45, 2.75) is 13.0 Å². The predicted molar refractivity (Wildman–Crippen MR) is 83.0 cm³/mol. The van der Waals surface area contributed by atoms with Crippen molar-refractivity contribution < 1.29 is 0 Å². The summed E-state index contributed by atoms with van der Waals surface area (Å²) < 4.78 is 0.